The van der Waals surface area contributed by atoms with Gasteiger partial charge in [-0.2, -0.15) is 0 Å². The van der Waals surface area contributed by atoms with E-state index in [0.717, 1.165) is 11.1 Å². The summed E-state index contributed by atoms with van der Waals surface area (Å²) in [6.07, 6.45) is -4.71. The number of ether oxygens (including phenoxy) is 4. The number of rotatable bonds is 4. The minimum Gasteiger partial charge on any atom is -0.412 e. The van der Waals surface area contributed by atoms with Gasteiger partial charge in [0.1, 0.15) is 23.6 Å². The van der Waals surface area contributed by atoms with Crippen LogP contribution >= 0.6 is 0 Å². The first-order valence-electron chi connectivity index (χ1n) is 9.40. The molecule has 0 spiro atoms. The topological polar surface area (TPSA) is 123 Å². The van der Waals surface area contributed by atoms with Gasteiger partial charge in [-0.1, -0.05) is 48.0 Å². The highest BCUT2D eigenvalue weighted by molar-refractivity contribution is 7.92. The maximum Gasteiger partial charge on any atom is 0.188 e. The van der Waals surface area contributed by atoms with E-state index in [1.807, 2.05) is 37.3 Å². The summed E-state index contributed by atoms with van der Waals surface area (Å²) in [7, 11) is -2.59. The van der Waals surface area contributed by atoms with E-state index < -0.39 is 46.0 Å². The molecule has 3 N–H and O–H groups in total. The lowest BCUT2D eigenvalue weighted by molar-refractivity contribution is -0.332. The number of aliphatic hydroxyl groups is 1. The molecule has 2 aromatic rings. The first kappa shape index (κ1) is 22.8. The van der Waals surface area contributed by atoms with Gasteiger partial charge < -0.3 is 29.5 Å². The van der Waals surface area contributed by atoms with Crippen molar-refractivity contribution in [3.8, 4) is 0 Å². The van der Waals surface area contributed by atoms with Crippen molar-refractivity contribution in [2.75, 3.05) is 13.7 Å². The van der Waals surface area contributed by atoms with E-state index in [9.17, 15) is 13.5 Å². The van der Waals surface area contributed by atoms with Crippen LogP contribution in [0.5, 0.6) is 0 Å². The lowest BCUT2D eigenvalue weighted by Gasteiger charge is -2.47. The van der Waals surface area contributed by atoms with Gasteiger partial charge in [-0.25, -0.2) is 8.42 Å². The minimum atomic E-state index is -3.94. The van der Waals surface area contributed by atoms with E-state index in [1.54, 1.807) is 12.1 Å². The van der Waals surface area contributed by atoms with Crippen LogP contribution < -0.4 is 0 Å². The van der Waals surface area contributed by atoms with E-state index >= 15 is 0 Å². The molecule has 2 aliphatic heterocycles. The summed E-state index contributed by atoms with van der Waals surface area (Å²) in [6.45, 7) is 2.02. The molecule has 2 aliphatic rings. The highest BCUT2D eigenvalue weighted by atomic mass is 32.2. The molecule has 2 fully saturated rings. The number of fused-ring (bicyclic) bond motifs is 1. The third-order valence-corrected chi connectivity index (χ3v) is 7.47. The van der Waals surface area contributed by atoms with E-state index in [4.69, 9.17) is 18.9 Å². The molecule has 30 heavy (non-hydrogen) atoms. The van der Waals surface area contributed by atoms with Gasteiger partial charge in [0.15, 0.2) is 22.4 Å². The second kappa shape index (κ2) is 9.11. The molecule has 8 nitrogen and oxygen atoms in total. The van der Waals surface area contributed by atoms with Crippen molar-refractivity contribution < 1.29 is 37.9 Å². The fourth-order valence-electron chi connectivity index (χ4n) is 3.75. The van der Waals surface area contributed by atoms with E-state index in [1.165, 1.54) is 19.2 Å². The zero-order valence-electron chi connectivity index (χ0n) is 16.7. The maximum absolute atomic E-state index is 13.3. The Bertz CT molecular complexity index is 931. The Balaban J connectivity index is 0.00000256. The smallest absolute Gasteiger partial charge is 0.188 e. The van der Waals surface area contributed by atoms with Gasteiger partial charge in [-0.3, -0.25) is 0 Å². The predicted molar refractivity (Wildman–Crippen MR) is 107 cm³/mol. The quantitative estimate of drug-likeness (QED) is 0.760. The molecular weight excluding hydrogens is 412 g/mol. The Labute approximate surface area is 175 Å². The van der Waals surface area contributed by atoms with Crippen LogP contribution in [0.1, 0.15) is 17.4 Å². The summed E-state index contributed by atoms with van der Waals surface area (Å²) in [6, 6.07) is 15.7. The Kier molecular flexibility index (Phi) is 6.93. The van der Waals surface area contributed by atoms with Crippen molar-refractivity contribution >= 4 is 9.84 Å². The number of benzene rings is 2. The highest BCUT2D eigenvalue weighted by Gasteiger charge is 2.54. The third-order valence-electron chi connectivity index (χ3n) is 5.32. The number of aryl methyl sites for hydroxylation is 1. The first-order chi connectivity index (χ1) is 13.9. The fourth-order valence-corrected chi connectivity index (χ4v) is 5.57. The molecule has 0 saturated carbocycles. The fraction of sp³-hybridized carbons (Fsp3) is 0.429. The lowest BCUT2D eigenvalue weighted by atomic mass is 9.99. The van der Waals surface area contributed by atoms with Gasteiger partial charge in [0, 0.05) is 12.7 Å². The van der Waals surface area contributed by atoms with Crippen molar-refractivity contribution in [2.24, 2.45) is 0 Å². The average Bonchev–Trinajstić information content (AvgIpc) is 2.74. The van der Waals surface area contributed by atoms with Gasteiger partial charge in [0.05, 0.1) is 11.5 Å². The molecular formula is C21H26O8S. The lowest BCUT2D eigenvalue weighted by Crippen LogP contribution is -2.64. The summed E-state index contributed by atoms with van der Waals surface area (Å²) in [5.41, 5.74) is 1.72. The van der Waals surface area contributed by atoms with E-state index in [0.29, 0.717) is 0 Å². The number of aliphatic hydroxyl groups excluding tert-OH is 1. The zero-order valence-corrected chi connectivity index (χ0v) is 17.5. The van der Waals surface area contributed by atoms with Crippen LogP contribution in [0.3, 0.4) is 0 Å². The minimum absolute atomic E-state index is 0. The Morgan fingerprint density at radius 2 is 1.70 bits per heavy atom. The Morgan fingerprint density at radius 1 is 1.03 bits per heavy atom. The van der Waals surface area contributed by atoms with Crippen LogP contribution in [-0.2, 0) is 28.8 Å². The molecule has 0 aliphatic carbocycles. The van der Waals surface area contributed by atoms with Crippen LogP contribution in [0.25, 0.3) is 0 Å². The van der Waals surface area contributed by atoms with Crippen LogP contribution in [0, 0.1) is 6.92 Å². The van der Waals surface area contributed by atoms with Gasteiger partial charge in [-0.05, 0) is 19.1 Å². The second-order valence-electron chi connectivity index (χ2n) is 7.27. The molecule has 6 atom stereocenters. The SMILES string of the molecule is COC1OC2COC(c3ccccc3)OC2C(O)C1S(=O)(=O)c1ccc(C)cc1.O. The largest absolute Gasteiger partial charge is 0.412 e. The van der Waals surface area contributed by atoms with Gasteiger partial charge in [0.2, 0.25) is 0 Å². The molecule has 9 heteroatoms. The van der Waals surface area contributed by atoms with Crippen LogP contribution in [-0.4, -0.2) is 62.6 Å². The van der Waals surface area contributed by atoms with E-state index in [2.05, 4.69) is 0 Å². The molecule has 0 aromatic heterocycles. The zero-order chi connectivity index (χ0) is 20.6. The van der Waals surface area contributed by atoms with Gasteiger partial charge in [-0.15, -0.1) is 0 Å². The Morgan fingerprint density at radius 3 is 2.33 bits per heavy atom. The summed E-state index contributed by atoms with van der Waals surface area (Å²) in [5, 5.41) is 9.73. The third kappa shape index (κ3) is 4.15. The average molecular weight is 438 g/mol. The number of methoxy groups -OCH3 is 1. The molecule has 2 aromatic carbocycles. The molecule has 4 rings (SSSR count). The molecule has 0 radical (unpaired) electrons. The predicted octanol–water partition coefficient (Wildman–Crippen LogP) is 1.16. The molecule has 0 amide bonds. The van der Waals surface area contributed by atoms with Crippen molar-refractivity contribution in [3.05, 3.63) is 65.7 Å². The van der Waals surface area contributed by atoms with Crippen LogP contribution in [0.15, 0.2) is 59.5 Å². The van der Waals surface area contributed by atoms with Crippen LogP contribution in [0.2, 0.25) is 0 Å². The molecule has 6 unspecified atom stereocenters. The summed E-state index contributed by atoms with van der Waals surface area (Å²) < 4.78 is 49.4. The molecule has 164 valence electrons. The Hall–Kier alpha value is -1.85. The monoisotopic (exact) mass is 438 g/mol. The van der Waals surface area contributed by atoms with Gasteiger partial charge >= 0.3 is 0 Å². The second-order valence-corrected chi connectivity index (χ2v) is 9.37. The molecule has 0 bridgehead atoms. The highest BCUT2D eigenvalue weighted by Crippen LogP contribution is 2.37. The van der Waals surface area contributed by atoms with Crippen molar-refractivity contribution in [1.29, 1.82) is 0 Å². The van der Waals surface area contributed by atoms with Crippen molar-refractivity contribution in [1.82, 2.24) is 0 Å². The van der Waals surface area contributed by atoms with Gasteiger partial charge in [0.25, 0.3) is 0 Å². The van der Waals surface area contributed by atoms with Crippen molar-refractivity contribution in [2.45, 2.75) is 48.0 Å². The first-order valence-corrected chi connectivity index (χ1v) is 11.0. The molecule has 2 saturated heterocycles. The summed E-state index contributed by atoms with van der Waals surface area (Å²) in [4.78, 5) is 0.0999. The molecule has 2 heterocycles. The van der Waals surface area contributed by atoms with Crippen LogP contribution in [0.4, 0.5) is 0 Å². The van der Waals surface area contributed by atoms with E-state index in [-0.39, 0.29) is 17.0 Å². The van der Waals surface area contributed by atoms with Crippen molar-refractivity contribution in [3.63, 3.8) is 0 Å². The summed E-state index contributed by atoms with van der Waals surface area (Å²) in [5.74, 6) is 0. The standard InChI is InChI=1S/C21H24O7S.H2O/c1-13-8-10-15(11-9-13)29(23,24)19-17(22)18-16(27-21(19)25-2)12-26-20(28-18)14-6-4-3-5-7-14;/h3-11,16-22H,12H2,1-2H3;1H2. The maximum atomic E-state index is 13.3. The number of hydrogen-bond acceptors (Lipinski definition) is 7. The number of hydrogen-bond donors (Lipinski definition) is 1. The normalized spacial score (nSPS) is 31.4. The summed E-state index contributed by atoms with van der Waals surface area (Å²) >= 11 is 0. The number of sulfone groups is 1.